The van der Waals surface area contributed by atoms with Crippen LogP contribution < -0.4 is 11.1 Å². The first kappa shape index (κ1) is 15.4. The Morgan fingerprint density at radius 3 is 2.86 bits per heavy atom. The lowest BCUT2D eigenvalue weighted by Gasteiger charge is -2.09. The number of carbonyl (C=O) groups excluding carboxylic acids is 1. The van der Waals surface area contributed by atoms with Crippen LogP contribution >= 0.6 is 0 Å². The number of unbranched alkanes of at least 4 members (excludes halogenated alkanes) is 1. The zero-order valence-corrected chi connectivity index (χ0v) is 12.9. The number of benzene rings is 1. The molecule has 1 aromatic heterocycles. The molecule has 1 amide bonds. The first-order valence-electron chi connectivity index (χ1n) is 7.67. The van der Waals surface area contributed by atoms with Gasteiger partial charge in [0.25, 0.3) is 0 Å². The normalized spacial score (nSPS) is 11.0. The van der Waals surface area contributed by atoms with Gasteiger partial charge in [0.2, 0.25) is 5.91 Å². The van der Waals surface area contributed by atoms with Crippen LogP contribution in [0.1, 0.15) is 38.9 Å². The molecule has 0 fully saturated rings. The molecule has 0 spiro atoms. The molecule has 0 aliphatic carbocycles. The van der Waals surface area contributed by atoms with Gasteiger partial charge in [-0.15, -0.1) is 0 Å². The van der Waals surface area contributed by atoms with E-state index in [1.54, 1.807) is 0 Å². The molecule has 0 radical (unpaired) electrons. The molecule has 2 rings (SSSR count). The van der Waals surface area contributed by atoms with Gasteiger partial charge in [-0.05, 0) is 25.0 Å². The number of anilines is 1. The summed E-state index contributed by atoms with van der Waals surface area (Å²) in [6.45, 7) is 5.25. The molecular weight excluding hydrogens is 264 g/mol. The Hall–Kier alpha value is -2.04. The van der Waals surface area contributed by atoms with Crippen molar-refractivity contribution in [3.63, 3.8) is 0 Å². The number of imidazole rings is 1. The highest BCUT2D eigenvalue weighted by Crippen LogP contribution is 2.22. The van der Waals surface area contributed by atoms with Crippen molar-refractivity contribution in [2.75, 3.05) is 12.3 Å². The molecule has 0 saturated heterocycles. The third-order valence-electron chi connectivity index (χ3n) is 3.52. The number of amides is 1. The average molecular weight is 288 g/mol. The molecule has 21 heavy (non-hydrogen) atoms. The molecule has 0 bridgehead atoms. The molecule has 5 nitrogen and oxygen atoms in total. The second-order valence-corrected chi connectivity index (χ2v) is 5.28. The van der Waals surface area contributed by atoms with E-state index < -0.39 is 0 Å². The van der Waals surface area contributed by atoms with Crippen molar-refractivity contribution in [2.45, 2.75) is 46.1 Å². The summed E-state index contributed by atoms with van der Waals surface area (Å²) < 4.78 is 1.98. The Kier molecular flexibility index (Phi) is 5.20. The maximum atomic E-state index is 12.1. The molecule has 5 heteroatoms. The Bertz CT molecular complexity index is 618. The molecule has 1 heterocycles. The standard InChI is InChI=1S/C16H24N4O/c1-3-5-10-18-15(21)11-20-13-9-6-8-12(17)16(13)19-14(20)7-4-2/h6,8-9H,3-5,7,10-11,17H2,1-2H3,(H,18,21). The third kappa shape index (κ3) is 3.54. The molecule has 114 valence electrons. The SMILES string of the molecule is CCCCNC(=O)Cn1c(CCC)nc2c(N)cccc21. The predicted molar refractivity (Wildman–Crippen MR) is 86.1 cm³/mol. The number of fused-ring (bicyclic) bond motifs is 1. The zero-order valence-electron chi connectivity index (χ0n) is 12.9. The van der Waals surface area contributed by atoms with Crippen LogP contribution in [0, 0.1) is 0 Å². The number of hydrogen-bond acceptors (Lipinski definition) is 3. The number of aryl methyl sites for hydroxylation is 1. The van der Waals surface area contributed by atoms with E-state index >= 15 is 0 Å². The number of rotatable bonds is 7. The number of nitrogens with two attached hydrogens (primary N) is 1. The Morgan fingerprint density at radius 2 is 2.14 bits per heavy atom. The lowest BCUT2D eigenvalue weighted by atomic mass is 10.2. The van der Waals surface area contributed by atoms with Crippen LogP contribution in [0.15, 0.2) is 18.2 Å². The summed E-state index contributed by atoms with van der Waals surface area (Å²) in [6.07, 6.45) is 3.91. The van der Waals surface area contributed by atoms with Gasteiger partial charge in [0.15, 0.2) is 0 Å². The van der Waals surface area contributed by atoms with Crippen molar-refractivity contribution in [3.05, 3.63) is 24.0 Å². The molecule has 0 aliphatic rings. The summed E-state index contributed by atoms with van der Waals surface area (Å²) in [5.74, 6) is 0.957. The van der Waals surface area contributed by atoms with Crippen molar-refractivity contribution in [3.8, 4) is 0 Å². The number of aromatic nitrogens is 2. The fraction of sp³-hybridized carbons (Fsp3) is 0.500. The molecule has 3 N–H and O–H groups in total. The molecule has 0 aliphatic heterocycles. The van der Waals surface area contributed by atoms with Crippen LogP contribution in [0.5, 0.6) is 0 Å². The number of para-hydroxylation sites is 1. The van der Waals surface area contributed by atoms with Crippen molar-refractivity contribution < 1.29 is 4.79 Å². The number of nitrogens with zero attached hydrogens (tertiary/aromatic N) is 2. The summed E-state index contributed by atoms with van der Waals surface area (Å²) >= 11 is 0. The topological polar surface area (TPSA) is 72.9 Å². The van der Waals surface area contributed by atoms with E-state index in [-0.39, 0.29) is 5.91 Å². The van der Waals surface area contributed by atoms with Gasteiger partial charge < -0.3 is 15.6 Å². The van der Waals surface area contributed by atoms with E-state index in [1.807, 2.05) is 22.8 Å². The van der Waals surface area contributed by atoms with E-state index in [2.05, 4.69) is 24.1 Å². The van der Waals surface area contributed by atoms with Crippen LogP contribution in [-0.2, 0) is 17.8 Å². The zero-order chi connectivity index (χ0) is 15.2. The van der Waals surface area contributed by atoms with Gasteiger partial charge in [-0.1, -0.05) is 26.3 Å². The first-order chi connectivity index (χ1) is 10.2. The largest absolute Gasteiger partial charge is 0.397 e. The lowest BCUT2D eigenvalue weighted by Crippen LogP contribution is -2.29. The summed E-state index contributed by atoms with van der Waals surface area (Å²) in [7, 11) is 0. The first-order valence-corrected chi connectivity index (χ1v) is 7.67. The van der Waals surface area contributed by atoms with Gasteiger partial charge in [0.05, 0.1) is 11.2 Å². The highest BCUT2D eigenvalue weighted by Gasteiger charge is 2.14. The van der Waals surface area contributed by atoms with Crippen molar-refractivity contribution in [1.82, 2.24) is 14.9 Å². The minimum Gasteiger partial charge on any atom is -0.397 e. The lowest BCUT2D eigenvalue weighted by molar-refractivity contribution is -0.121. The number of hydrogen-bond donors (Lipinski definition) is 2. The van der Waals surface area contributed by atoms with Gasteiger partial charge in [-0.3, -0.25) is 4.79 Å². The number of carbonyl (C=O) groups is 1. The van der Waals surface area contributed by atoms with Crippen LogP contribution in [-0.4, -0.2) is 22.0 Å². The van der Waals surface area contributed by atoms with E-state index in [0.717, 1.165) is 49.1 Å². The Balaban J connectivity index is 2.26. The van der Waals surface area contributed by atoms with Crippen LogP contribution in [0.25, 0.3) is 11.0 Å². The maximum Gasteiger partial charge on any atom is 0.240 e. The molecule has 0 atom stereocenters. The van der Waals surface area contributed by atoms with Gasteiger partial charge in [0, 0.05) is 13.0 Å². The minimum atomic E-state index is 0.0301. The highest BCUT2D eigenvalue weighted by atomic mass is 16.1. The van der Waals surface area contributed by atoms with E-state index in [1.165, 1.54) is 0 Å². The van der Waals surface area contributed by atoms with Gasteiger partial charge >= 0.3 is 0 Å². The van der Waals surface area contributed by atoms with Gasteiger partial charge in [-0.2, -0.15) is 0 Å². The summed E-state index contributed by atoms with van der Waals surface area (Å²) in [6, 6.07) is 5.72. The van der Waals surface area contributed by atoms with Gasteiger partial charge in [0.1, 0.15) is 17.9 Å². The number of nitrogen functional groups attached to an aromatic ring is 1. The minimum absolute atomic E-state index is 0.0301. The fourth-order valence-corrected chi connectivity index (χ4v) is 2.41. The van der Waals surface area contributed by atoms with Crippen molar-refractivity contribution >= 4 is 22.6 Å². The summed E-state index contributed by atoms with van der Waals surface area (Å²) in [5.41, 5.74) is 8.38. The third-order valence-corrected chi connectivity index (χ3v) is 3.52. The monoisotopic (exact) mass is 288 g/mol. The molecule has 0 saturated carbocycles. The van der Waals surface area contributed by atoms with Crippen LogP contribution in [0.4, 0.5) is 5.69 Å². The van der Waals surface area contributed by atoms with Crippen LogP contribution in [0.3, 0.4) is 0 Å². The Morgan fingerprint density at radius 1 is 1.33 bits per heavy atom. The molecule has 0 unspecified atom stereocenters. The van der Waals surface area contributed by atoms with E-state index in [9.17, 15) is 4.79 Å². The van der Waals surface area contributed by atoms with E-state index in [0.29, 0.717) is 12.2 Å². The van der Waals surface area contributed by atoms with Gasteiger partial charge in [-0.25, -0.2) is 4.98 Å². The second kappa shape index (κ2) is 7.11. The smallest absolute Gasteiger partial charge is 0.240 e. The molecule has 2 aromatic rings. The highest BCUT2D eigenvalue weighted by molar-refractivity contribution is 5.89. The fourth-order valence-electron chi connectivity index (χ4n) is 2.41. The molecule has 1 aromatic carbocycles. The Labute approximate surface area is 125 Å². The predicted octanol–water partition coefficient (Wildman–Crippen LogP) is 2.49. The molecular formula is C16H24N4O. The maximum absolute atomic E-state index is 12.1. The summed E-state index contributed by atoms with van der Waals surface area (Å²) in [5, 5.41) is 2.95. The second-order valence-electron chi connectivity index (χ2n) is 5.28. The van der Waals surface area contributed by atoms with Crippen molar-refractivity contribution in [1.29, 1.82) is 0 Å². The van der Waals surface area contributed by atoms with Crippen molar-refractivity contribution in [2.24, 2.45) is 0 Å². The summed E-state index contributed by atoms with van der Waals surface area (Å²) in [4.78, 5) is 16.7. The van der Waals surface area contributed by atoms with E-state index in [4.69, 9.17) is 5.73 Å². The number of nitrogens with one attached hydrogen (secondary N) is 1. The quantitative estimate of drug-likeness (QED) is 0.607. The van der Waals surface area contributed by atoms with Crippen LogP contribution in [0.2, 0.25) is 0 Å². The average Bonchev–Trinajstić information content (AvgIpc) is 2.80.